The van der Waals surface area contributed by atoms with Gasteiger partial charge in [0, 0.05) is 12.1 Å². The molecule has 19 heavy (non-hydrogen) atoms. The maximum absolute atomic E-state index is 12.2. The molecule has 1 heterocycles. The number of hydrogen-bond acceptors (Lipinski definition) is 5. The fourth-order valence-electron chi connectivity index (χ4n) is 2.26. The molecule has 0 unspecified atom stereocenters. The predicted molar refractivity (Wildman–Crippen MR) is 67.4 cm³/mol. The first-order valence-corrected chi connectivity index (χ1v) is 7.63. The van der Waals surface area contributed by atoms with Crippen molar-refractivity contribution in [2.45, 2.75) is 43.5 Å². The van der Waals surface area contributed by atoms with Crippen LogP contribution in [0.2, 0.25) is 0 Å². The van der Waals surface area contributed by atoms with Crippen molar-refractivity contribution in [2.75, 3.05) is 7.11 Å². The molecular formula is C12H17NO5S. The smallest absolute Gasteiger partial charge is 0.373 e. The minimum atomic E-state index is -3.65. The molecule has 106 valence electrons. The van der Waals surface area contributed by atoms with Crippen LogP contribution in [-0.2, 0) is 14.8 Å². The second-order valence-corrected chi connectivity index (χ2v) is 6.31. The van der Waals surface area contributed by atoms with Gasteiger partial charge in [-0.1, -0.05) is 12.8 Å². The summed E-state index contributed by atoms with van der Waals surface area (Å²) in [5, 5.41) is 0. The molecule has 0 aliphatic heterocycles. The van der Waals surface area contributed by atoms with Gasteiger partial charge in [0.1, 0.15) is 10.7 Å². The van der Waals surface area contributed by atoms with E-state index < -0.39 is 16.0 Å². The van der Waals surface area contributed by atoms with Gasteiger partial charge >= 0.3 is 5.97 Å². The van der Waals surface area contributed by atoms with E-state index in [1.54, 1.807) is 0 Å². The summed E-state index contributed by atoms with van der Waals surface area (Å²) < 4.78 is 36.7. The Morgan fingerprint density at radius 2 is 2.05 bits per heavy atom. The summed E-state index contributed by atoms with van der Waals surface area (Å²) in [6.45, 7) is 1.51. The number of aryl methyl sites for hydroxylation is 1. The van der Waals surface area contributed by atoms with Crippen LogP contribution in [0, 0.1) is 6.92 Å². The Labute approximate surface area is 112 Å². The number of furan rings is 1. The number of carbonyl (C=O) groups is 1. The van der Waals surface area contributed by atoms with Crippen LogP contribution in [0.15, 0.2) is 15.4 Å². The van der Waals surface area contributed by atoms with E-state index >= 15 is 0 Å². The molecule has 1 aliphatic rings. The quantitative estimate of drug-likeness (QED) is 0.850. The molecule has 1 fully saturated rings. The van der Waals surface area contributed by atoms with E-state index in [1.165, 1.54) is 20.1 Å². The topological polar surface area (TPSA) is 85.6 Å². The van der Waals surface area contributed by atoms with Crippen LogP contribution in [0.4, 0.5) is 0 Å². The summed E-state index contributed by atoms with van der Waals surface area (Å²) in [7, 11) is -2.43. The molecule has 1 saturated carbocycles. The fraction of sp³-hybridized carbons (Fsp3) is 0.583. The fourth-order valence-corrected chi connectivity index (χ4v) is 3.74. The number of nitrogens with one attached hydrogen (secondary N) is 1. The summed E-state index contributed by atoms with van der Waals surface area (Å²) in [5.41, 5.74) is 0. The maximum Gasteiger partial charge on any atom is 0.373 e. The van der Waals surface area contributed by atoms with Crippen molar-refractivity contribution >= 4 is 16.0 Å². The van der Waals surface area contributed by atoms with Crippen LogP contribution >= 0.6 is 0 Å². The van der Waals surface area contributed by atoms with Crippen LogP contribution in [0.1, 0.15) is 42.0 Å². The lowest BCUT2D eigenvalue weighted by Gasteiger charge is -2.11. The molecule has 0 aromatic carbocycles. The van der Waals surface area contributed by atoms with Crippen LogP contribution < -0.4 is 4.72 Å². The van der Waals surface area contributed by atoms with Gasteiger partial charge in [0.25, 0.3) is 0 Å². The number of hydrogen-bond donors (Lipinski definition) is 1. The minimum absolute atomic E-state index is 0.000185. The highest BCUT2D eigenvalue weighted by Crippen LogP contribution is 2.24. The first kappa shape index (κ1) is 14.1. The van der Waals surface area contributed by atoms with Crippen molar-refractivity contribution in [1.82, 2.24) is 4.72 Å². The molecule has 0 atom stereocenters. The molecule has 2 rings (SSSR count). The predicted octanol–water partition coefficient (Wildman–Crippen LogP) is 1.60. The lowest BCUT2D eigenvalue weighted by molar-refractivity contribution is 0.0563. The molecule has 0 amide bonds. The van der Waals surface area contributed by atoms with Crippen molar-refractivity contribution in [1.29, 1.82) is 0 Å². The Kier molecular flexibility index (Phi) is 3.96. The van der Waals surface area contributed by atoms with Crippen molar-refractivity contribution in [3.63, 3.8) is 0 Å². The maximum atomic E-state index is 12.2. The van der Waals surface area contributed by atoms with E-state index in [4.69, 9.17) is 4.42 Å². The summed E-state index contributed by atoms with van der Waals surface area (Å²) in [6.07, 6.45) is 3.76. The number of esters is 1. The average Bonchev–Trinajstić information content (AvgIpc) is 2.97. The van der Waals surface area contributed by atoms with Crippen molar-refractivity contribution in [3.8, 4) is 0 Å². The lowest BCUT2D eigenvalue weighted by atomic mass is 10.3. The zero-order valence-corrected chi connectivity index (χ0v) is 11.7. The Morgan fingerprint density at radius 1 is 1.42 bits per heavy atom. The molecule has 0 saturated heterocycles. The second-order valence-electron chi connectivity index (χ2n) is 4.63. The molecule has 1 aromatic heterocycles. The molecule has 7 heteroatoms. The Balaban J connectivity index is 2.24. The van der Waals surface area contributed by atoms with Gasteiger partial charge < -0.3 is 9.15 Å². The monoisotopic (exact) mass is 287 g/mol. The zero-order chi connectivity index (χ0) is 14.0. The number of ether oxygens (including phenoxy) is 1. The third-order valence-electron chi connectivity index (χ3n) is 3.23. The van der Waals surface area contributed by atoms with Gasteiger partial charge in [0.15, 0.2) is 0 Å². The molecule has 0 radical (unpaired) electrons. The largest absolute Gasteiger partial charge is 0.463 e. The lowest BCUT2D eigenvalue weighted by Crippen LogP contribution is -2.32. The highest BCUT2D eigenvalue weighted by Gasteiger charge is 2.28. The van der Waals surface area contributed by atoms with Gasteiger partial charge in [-0.3, -0.25) is 0 Å². The molecule has 6 nitrogen and oxygen atoms in total. The van der Waals surface area contributed by atoms with Gasteiger partial charge in [-0.05, 0) is 19.8 Å². The Hall–Kier alpha value is -1.34. The van der Waals surface area contributed by atoms with E-state index in [0.29, 0.717) is 0 Å². The summed E-state index contributed by atoms with van der Waals surface area (Å²) in [5.74, 6) is -0.608. The SMILES string of the molecule is COC(=O)c1cc(S(=O)(=O)NC2CCCC2)c(C)o1. The summed E-state index contributed by atoms with van der Waals surface area (Å²) in [6, 6.07) is 1.18. The van der Waals surface area contributed by atoms with Gasteiger partial charge in [-0.2, -0.15) is 0 Å². The van der Waals surface area contributed by atoms with Crippen molar-refractivity contribution < 1.29 is 22.4 Å². The molecule has 1 aromatic rings. The van der Waals surface area contributed by atoms with Crippen LogP contribution in [0.25, 0.3) is 0 Å². The molecular weight excluding hydrogens is 270 g/mol. The molecule has 1 aliphatic carbocycles. The van der Waals surface area contributed by atoms with Crippen LogP contribution in [0.3, 0.4) is 0 Å². The number of sulfonamides is 1. The van der Waals surface area contributed by atoms with Crippen molar-refractivity contribution in [3.05, 3.63) is 17.6 Å². The molecule has 0 bridgehead atoms. The average molecular weight is 287 g/mol. The second kappa shape index (κ2) is 5.34. The van der Waals surface area contributed by atoms with Crippen LogP contribution in [-0.4, -0.2) is 27.5 Å². The third-order valence-corrected chi connectivity index (χ3v) is 4.85. The number of rotatable bonds is 4. The van der Waals surface area contributed by atoms with E-state index in [2.05, 4.69) is 9.46 Å². The van der Waals surface area contributed by atoms with E-state index in [-0.39, 0.29) is 22.5 Å². The number of carbonyl (C=O) groups excluding carboxylic acids is 1. The Bertz CT molecular complexity index is 569. The van der Waals surface area contributed by atoms with Crippen molar-refractivity contribution in [2.24, 2.45) is 0 Å². The normalized spacial score (nSPS) is 16.7. The van der Waals surface area contributed by atoms with E-state index in [0.717, 1.165) is 25.7 Å². The summed E-state index contributed by atoms with van der Waals surface area (Å²) in [4.78, 5) is 11.3. The van der Waals surface area contributed by atoms with Gasteiger partial charge in [0.2, 0.25) is 15.8 Å². The molecule has 0 spiro atoms. The van der Waals surface area contributed by atoms with E-state index in [9.17, 15) is 13.2 Å². The third kappa shape index (κ3) is 2.98. The van der Waals surface area contributed by atoms with Crippen LogP contribution in [0.5, 0.6) is 0 Å². The first-order chi connectivity index (χ1) is 8.94. The minimum Gasteiger partial charge on any atom is -0.463 e. The van der Waals surface area contributed by atoms with E-state index in [1.807, 2.05) is 0 Å². The van der Waals surface area contributed by atoms with Gasteiger partial charge in [-0.25, -0.2) is 17.9 Å². The summed E-state index contributed by atoms with van der Waals surface area (Å²) >= 11 is 0. The Morgan fingerprint density at radius 3 is 2.63 bits per heavy atom. The van der Waals surface area contributed by atoms with Gasteiger partial charge in [-0.15, -0.1) is 0 Å². The molecule has 1 N–H and O–H groups in total. The standard InChI is InChI=1S/C12H17NO5S/c1-8-11(7-10(18-8)12(14)17-2)19(15,16)13-9-5-3-4-6-9/h7,9,13H,3-6H2,1-2H3. The zero-order valence-electron chi connectivity index (χ0n) is 10.9. The number of methoxy groups -OCH3 is 1. The first-order valence-electron chi connectivity index (χ1n) is 6.15. The highest BCUT2D eigenvalue weighted by molar-refractivity contribution is 7.89. The highest BCUT2D eigenvalue weighted by atomic mass is 32.2. The van der Waals surface area contributed by atoms with Gasteiger partial charge in [0.05, 0.1) is 7.11 Å².